The average Bonchev–Trinajstić information content (AvgIpc) is 2.65. The Bertz CT molecular complexity index is 623. The highest BCUT2D eigenvalue weighted by Crippen LogP contribution is 2.33. The van der Waals surface area contributed by atoms with E-state index < -0.39 is 0 Å². The van der Waals surface area contributed by atoms with Gasteiger partial charge in [-0.25, -0.2) is 4.79 Å². The Labute approximate surface area is 154 Å². The predicted octanol–water partition coefficient (Wildman–Crippen LogP) is 4.03. The molecular formula is C20H27NO3S. The van der Waals surface area contributed by atoms with Gasteiger partial charge in [0.1, 0.15) is 0 Å². The van der Waals surface area contributed by atoms with Crippen LogP contribution in [0.2, 0.25) is 0 Å². The zero-order valence-electron chi connectivity index (χ0n) is 15.0. The molecule has 0 radical (unpaired) electrons. The van der Waals surface area contributed by atoms with Gasteiger partial charge in [0.25, 0.3) is 0 Å². The molecule has 2 heterocycles. The number of ether oxygens (including phenoxy) is 1. The van der Waals surface area contributed by atoms with Gasteiger partial charge >= 0.3 is 5.97 Å². The second-order valence-electron chi connectivity index (χ2n) is 6.94. The molecule has 0 saturated carbocycles. The van der Waals surface area contributed by atoms with Crippen LogP contribution < -0.4 is 0 Å². The number of Topliss-reactive ketones (excluding diaryl/α,β-unsaturated/α-hetero) is 1. The summed E-state index contributed by atoms with van der Waals surface area (Å²) in [6.07, 6.45) is 5.23. The third-order valence-electron chi connectivity index (χ3n) is 5.10. The van der Waals surface area contributed by atoms with Gasteiger partial charge in [0.2, 0.25) is 0 Å². The Morgan fingerprint density at radius 3 is 2.88 bits per heavy atom. The van der Waals surface area contributed by atoms with E-state index in [0.29, 0.717) is 30.1 Å². The van der Waals surface area contributed by atoms with Crippen LogP contribution in [-0.2, 0) is 4.74 Å². The number of hydrogen-bond donors (Lipinski definition) is 0. The summed E-state index contributed by atoms with van der Waals surface area (Å²) in [5.74, 6) is 1.04. The van der Waals surface area contributed by atoms with Crippen LogP contribution in [-0.4, -0.2) is 48.6 Å². The number of ketones is 1. The molecule has 1 aromatic rings. The Hall–Kier alpha value is -1.33. The zero-order valence-corrected chi connectivity index (χ0v) is 15.8. The van der Waals surface area contributed by atoms with Crippen LogP contribution in [0.15, 0.2) is 23.1 Å². The highest BCUT2D eigenvalue weighted by atomic mass is 32.2. The number of thioether (sulfide) groups is 1. The van der Waals surface area contributed by atoms with Crippen LogP contribution in [0.25, 0.3) is 0 Å². The van der Waals surface area contributed by atoms with Crippen molar-refractivity contribution in [2.24, 2.45) is 5.92 Å². The van der Waals surface area contributed by atoms with Crippen LogP contribution in [0, 0.1) is 5.92 Å². The van der Waals surface area contributed by atoms with E-state index in [0.717, 1.165) is 36.6 Å². The zero-order chi connectivity index (χ0) is 17.6. The van der Waals surface area contributed by atoms with Crippen molar-refractivity contribution < 1.29 is 14.3 Å². The van der Waals surface area contributed by atoms with Gasteiger partial charge in [-0.3, -0.25) is 4.79 Å². The number of esters is 1. The molecule has 136 valence electrons. The van der Waals surface area contributed by atoms with Gasteiger partial charge in [0.05, 0.1) is 12.2 Å². The quantitative estimate of drug-likeness (QED) is 0.716. The molecule has 0 aromatic heterocycles. The van der Waals surface area contributed by atoms with Gasteiger partial charge in [0, 0.05) is 22.6 Å². The summed E-state index contributed by atoms with van der Waals surface area (Å²) in [7, 11) is 0. The number of likely N-dealkylation sites (tertiary alicyclic amines) is 1. The molecule has 2 aliphatic rings. The molecule has 0 atom stereocenters. The van der Waals surface area contributed by atoms with Crippen LogP contribution in [0.1, 0.15) is 59.7 Å². The minimum Gasteiger partial charge on any atom is -0.462 e. The van der Waals surface area contributed by atoms with E-state index in [1.165, 1.54) is 19.4 Å². The molecule has 1 fully saturated rings. The minimum atomic E-state index is -0.285. The van der Waals surface area contributed by atoms with Gasteiger partial charge in [-0.1, -0.05) is 25.5 Å². The maximum atomic E-state index is 12.5. The lowest BCUT2D eigenvalue weighted by Gasteiger charge is -2.31. The fraction of sp³-hybridized carbons (Fsp3) is 0.600. The van der Waals surface area contributed by atoms with Crippen molar-refractivity contribution in [3.05, 3.63) is 29.3 Å². The molecule has 4 nitrogen and oxygen atoms in total. The van der Waals surface area contributed by atoms with Crippen molar-refractivity contribution in [3.63, 3.8) is 0 Å². The topological polar surface area (TPSA) is 46.6 Å². The van der Waals surface area contributed by atoms with Gasteiger partial charge in [-0.15, -0.1) is 11.8 Å². The van der Waals surface area contributed by atoms with Crippen molar-refractivity contribution in [2.45, 2.75) is 43.9 Å². The number of unbranched alkanes of at least 4 members (excludes halogenated alkanes) is 1. The second kappa shape index (κ2) is 8.86. The van der Waals surface area contributed by atoms with Crippen LogP contribution in [0.3, 0.4) is 0 Å². The van der Waals surface area contributed by atoms with E-state index in [4.69, 9.17) is 4.74 Å². The fourth-order valence-corrected chi connectivity index (χ4v) is 4.62. The lowest BCUT2D eigenvalue weighted by atomic mass is 9.97. The number of nitrogens with zero attached hydrogens (tertiary/aromatic N) is 1. The molecule has 25 heavy (non-hydrogen) atoms. The normalized spacial score (nSPS) is 18.8. The largest absolute Gasteiger partial charge is 0.462 e. The predicted molar refractivity (Wildman–Crippen MR) is 100 cm³/mol. The average molecular weight is 362 g/mol. The van der Waals surface area contributed by atoms with E-state index in [2.05, 4.69) is 11.8 Å². The molecule has 3 rings (SSSR count). The Morgan fingerprint density at radius 2 is 2.12 bits per heavy atom. The molecule has 0 spiro atoms. The van der Waals surface area contributed by atoms with Gasteiger partial charge in [-0.05, 0) is 50.9 Å². The lowest BCUT2D eigenvalue weighted by molar-refractivity contribution is 0.0368. The first-order chi connectivity index (χ1) is 12.2. The Balaban J connectivity index is 1.52. The molecule has 0 aliphatic carbocycles. The SMILES string of the molecule is CCCCN1CCC(COC(=O)c2cccc3c2SCCC3=O)CC1. The standard InChI is InChI=1S/C20H27NO3S/c1-2-3-10-21-11-7-15(8-12-21)14-24-20(23)17-6-4-5-16-18(22)9-13-25-19(16)17/h4-6,15H,2-3,7-14H2,1H3. The highest BCUT2D eigenvalue weighted by molar-refractivity contribution is 7.99. The molecule has 0 bridgehead atoms. The molecule has 0 unspecified atom stereocenters. The molecule has 0 amide bonds. The van der Waals surface area contributed by atoms with Crippen molar-refractivity contribution in [3.8, 4) is 0 Å². The third-order valence-corrected chi connectivity index (χ3v) is 6.23. The number of carbonyl (C=O) groups is 2. The van der Waals surface area contributed by atoms with Crippen LogP contribution >= 0.6 is 11.8 Å². The minimum absolute atomic E-state index is 0.128. The van der Waals surface area contributed by atoms with E-state index in [1.54, 1.807) is 23.9 Å². The summed E-state index contributed by atoms with van der Waals surface area (Å²) in [6, 6.07) is 5.37. The molecule has 2 aliphatic heterocycles. The molecule has 1 saturated heterocycles. The summed E-state index contributed by atoms with van der Waals surface area (Å²) < 4.78 is 5.60. The first-order valence-corrected chi connectivity index (χ1v) is 10.4. The first-order valence-electron chi connectivity index (χ1n) is 9.37. The van der Waals surface area contributed by atoms with Crippen molar-refractivity contribution >= 4 is 23.5 Å². The summed E-state index contributed by atoms with van der Waals surface area (Å²) in [5, 5.41) is 0. The summed E-state index contributed by atoms with van der Waals surface area (Å²) in [6.45, 7) is 6.11. The van der Waals surface area contributed by atoms with Crippen LogP contribution in [0.4, 0.5) is 0 Å². The van der Waals surface area contributed by atoms with E-state index in [-0.39, 0.29) is 11.8 Å². The first kappa shape index (κ1) is 18.5. The second-order valence-corrected chi connectivity index (χ2v) is 8.05. The maximum absolute atomic E-state index is 12.5. The summed E-state index contributed by atoms with van der Waals surface area (Å²) >= 11 is 1.59. The monoisotopic (exact) mass is 361 g/mol. The maximum Gasteiger partial charge on any atom is 0.339 e. The molecule has 5 heteroatoms. The fourth-order valence-electron chi connectivity index (χ4n) is 3.48. The van der Waals surface area contributed by atoms with Crippen molar-refractivity contribution in [1.29, 1.82) is 0 Å². The van der Waals surface area contributed by atoms with E-state index in [1.807, 2.05) is 6.07 Å². The molecule has 1 aromatic carbocycles. The Kier molecular flexibility index (Phi) is 6.54. The summed E-state index contributed by atoms with van der Waals surface area (Å²) in [4.78, 5) is 27.8. The number of rotatable bonds is 6. The van der Waals surface area contributed by atoms with Gasteiger partial charge in [0.15, 0.2) is 5.78 Å². The molecule has 0 N–H and O–H groups in total. The number of benzene rings is 1. The number of carbonyl (C=O) groups excluding carboxylic acids is 2. The van der Waals surface area contributed by atoms with E-state index >= 15 is 0 Å². The van der Waals surface area contributed by atoms with Crippen LogP contribution in [0.5, 0.6) is 0 Å². The number of piperidine rings is 1. The third kappa shape index (κ3) is 4.64. The molecular weight excluding hydrogens is 334 g/mol. The van der Waals surface area contributed by atoms with Gasteiger partial charge < -0.3 is 9.64 Å². The van der Waals surface area contributed by atoms with Gasteiger partial charge in [-0.2, -0.15) is 0 Å². The number of fused-ring (bicyclic) bond motifs is 1. The van der Waals surface area contributed by atoms with E-state index in [9.17, 15) is 9.59 Å². The summed E-state index contributed by atoms with van der Waals surface area (Å²) in [5.41, 5.74) is 1.23. The lowest BCUT2D eigenvalue weighted by Crippen LogP contribution is -2.36. The smallest absolute Gasteiger partial charge is 0.339 e. The highest BCUT2D eigenvalue weighted by Gasteiger charge is 2.25. The van der Waals surface area contributed by atoms with Crippen molar-refractivity contribution in [1.82, 2.24) is 4.90 Å². The van der Waals surface area contributed by atoms with Crippen molar-refractivity contribution in [2.75, 3.05) is 32.0 Å². The Morgan fingerprint density at radius 1 is 1.32 bits per heavy atom. The number of hydrogen-bond acceptors (Lipinski definition) is 5.